The monoisotopic (exact) mass is 270 g/mol. The van der Waals surface area contributed by atoms with Gasteiger partial charge in [0.15, 0.2) is 5.79 Å². The Kier molecular flexibility index (Phi) is 3.17. The second-order valence-electron chi connectivity index (χ2n) is 3.31. The predicted molar refractivity (Wildman–Crippen MR) is 52.8 cm³/mol. The minimum Gasteiger partial charge on any atom is -0.347 e. The summed E-state index contributed by atoms with van der Waals surface area (Å²) < 4.78 is 11.5. The zero-order chi connectivity index (χ0) is 8.48. The van der Waals surface area contributed by atoms with Gasteiger partial charge in [-0.05, 0) is 20.3 Å². The van der Waals surface area contributed by atoms with Crippen LogP contribution in [0, 0.1) is 0 Å². The Morgan fingerprint density at radius 1 is 1.45 bits per heavy atom. The number of halogens is 1. The molecule has 0 spiro atoms. The van der Waals surface area contributed by atoms with Crippen molar-refractivity contribution in [3.63, 3.8) is 0 Å². The van der Waals surface area contributed by atoms with Crippen molar-refractivity contribution in [2.45, 2.75) is 49.6 Å². The smallest absolute Gasteiger partial charge is 0.164 e. The maximum absolute atomic E-state index is 5.67. The number of alkyl halides is 1. The van der Waals surface area contributed by atoms with E-state index in [-0.39, 0.29) is 5.79 Å². The summed E-state index contributed by atoms with van der Waals surface area (Å²) in [6, 6.07) is 0. The van der Waals surface area contributed by atoms with Crippen molar-refractivity contribution in [2.24, 2.45) is 0 Å². The van der Waals surface area contributed by atoms with Crippen LogP contribution in [0.1, 0.15) is 33.6 Å². The molecule has 0 bridgehead atoms. The topological polar surface area (TPSA) is 18.5 Å². The molecule has 2 atom stereocenters. The van der Waals surface area contributed by atoms with Gasteiger partial charge in [-0.25, -0.2) is 0 Å². The molecule has 0 aliphatic carbocycles. The Morgan fingerprint density at radius 3 is 2.55 bits per heavy atom. The predicted octanol–water partition coefficient (Wildman–Crippen LogP) is 2.70. The second kappa shape index (κ2) is 3.58. The number of hydrogen-bond donors (Lipinski definition) is 0. The lowest BCUT2D eigenvalue weighted by molar-refractivity contribution is -0.278. The van der Waals surface area contributed by atoms with E-state index < -0.39 is 0 Å². The molecule has 0 aromatic rings. The van der Waals surface area contributed by atoms with Gasteiger partial charge >= 0.3 is 0 Å². The van der Waals surface area contributed by atoms with Crippen LogP contribution in [0.2, 0.25) is 0 Å². The van der Waals surface area contributed by atoms with E-state index >= 15 is 0 Å². The van der Waals surface area contributed by atoms with Gasteiger partial charge in [0.25, 0.3) is 0 Å². The molecule has 0 amide bonds. The van der Waals surface area contributed by atoms with E-state index in [1.807, 2.05) is 13.8 Å². The van der Waals surface area contributed by atoms with E-state index in [2.05, 4.69) is 29.5 Å². The van der Waals surface area contributed by atoms with Gasteiger partial charge in [-0.15, -0.1) is 0 Å². The van der Waals surface area contributed by atoms with Crippen LogP contribution in [0.5, 0.6) is 0 Å². The lowest BCUT2D eigenvalue weighted by Gasteiger charge is -2.38. The van der Waals surface area contributed by atoms with Crippen molar-refractivity contribution in [3.8, 4) is 0 Å². The Hall–Kier alpha value is 0.650. The van der Waals surface area contributed by atoms with Crippen LogP contribution in [0.3, 0.4) is 0 Å². The van der Waals surface area contributed by atoms with Gasteiger partial charge in [0, 0.05) is 6.42 Å². The molecule has 1 fully saturated rings. The summed E-state index contributed by atoms with van der Waals surface area (Å²) in [5, 5.41) is 0. The molecule has 1 aliphatic heterocycles. The van der Waals surface area contributed by atoms with Crippen molar-refractivity contribution in [1.82, 2.24) is 0 Å². The summed E-state index contributed by atoms with van der Waals surface area (Å²) in [5.41, 5.74) is 0. The fourth-order valence-electron chi connectivity index (χ4n) is 1.29. The summed E-state index contributed by atoms with van der Waals surface area (Å²) in [6.07, 6.45) is 2.47. The van der Waals surface area contributed by atoms with Crippen LogP contribution < -0.4 is 0 Å². The van der Waals surface area contributed by atoms with Crippen molar-refractivity contribution < 1.29 is 9.47 Å². The van der Waals surface area contributed by atoms with E-state index in [0.717, 1.165) is 12.8 Å². The Balaban J connectivity index is 2.51. The normalized spacial score (nSPS) is 37.1. The summed E-state index contributed by atoms with van der Waals surface area (Å²) in [4.78, 5) is 0. The molecule has 0 N–H and O–H groups in total. The Bertz CT molecular complexity index is 136. The van der Waals surface area contributed by atoms with E-state index in [1.54, 1.807) is 0 Å². The first-order valence-electron chi connectivity index (χ1n) is 4.03. The third-order valence-electron chi connectivity index (χ3n) is 1.77. The van der Waals surface area contributed by atoms with Crippen LogP contribution >= 0.6 is 22.6 Å². The molecule has 1 saturated heterocycles. The van der Waals surface area contributed by atoms with E-state index in [1.165, 1.54) is 0 Å². The number of hydrogen-bond acceptors (Lipinski definition) is 2. The highest BCUT2D eigenvalue weighted by Crippen LogP contribution is 2.30. The van der Waals surface area contributed by atoms with Gasteiger partial charge in [-0.3, -0.25) is 0 Å². The third kappa shape index (κ3) is 2.87. The minimum atomic E-state index is -0.384. The fourth-order valence-corrected chi connectivity index (χ4v) is 2.47. The van der Waals surface area contributed by atoms with Crippen LogP contribution in [0.25, 0.3) is 0 Å². The molecule has 0 aromatic heterocycles. The zero-order valence-corrected chi connectivity index (χ0v) is 9.42. The van der Waals surface area contributed by atoms with Crippen molar-refractivity contribution >= 4 is 22.6 Å². The first-order chi connectivity index (χ1) is 5.03. The van der Waals surface area contributed by atoms with Crippen LogP contribution in [0.4, 0.5) is 0 Å². The van der Waals surface area contributed by atoms with E-state index in [0.29, 0.717) is 10.2 Å². The highest BCUT2D eigenvalue weighted by molar-refractivity contribution is 14.1. The van der Waals surface area contributed by atoms with E-state index in [9.17, 15) is 0 Å². The van der Waals surface area contributed by atoms with Crippen molar-refractivity contribution in [3.05, 3.63) is 0 Å². The average molecular weight is 270 g/mol. The quantitative estimate of drug-likeness (QED) is 0.538. The van der Waals surface area contributed by atoms with Crippen LogP contribution in [0.15, 0.2) is 0 Å². The average Bonchev–Trinajstić information content (AvgIpc) is 1.83. The third-order valence-corrected chi connectivity index (χ3v) is 2.53. The lowest BCUT2D eigenvalue weighted by Crippen LogP contribution is -2.42. The number of ether oxygens (including phenoxy) is 2. The molecule has 0 aromatic carbocycles. The first-order valence-corrected chi connectivity index (χ1v) is 5.28. The lowest BCUT2D eigenvalue weighted by atomic mass is 10.1. The first kappa shape index (κ1) is 9.74. The van der Waals surface area contributed by atoms with Gasteiger partial charge in [0.05, 0.1) is 6.10 Å². The molecule has 1 unspecified atom stereocenters. The summed E-state index contributed by atoms with van der Waals surface area (Å²) in [6.45, 7) is 6.09. The highest BCUT2D eigenvalue weighted by Gasteiger charge is 2.33. The van der Waals surface area contributed by atoms with E-state index in [4.69, 9.17) is 9.47 Å². The molecule has 1 aliphatic rings. The molecular formula is C8H15IO2. The van der Waals surface area contributed by atoms with Crippen molar-refractivity contribution in [2.75, 3.05) is 0 Å². The highest BCUT2D eigenvalue weighted by atomic mass is 127. The summed E-state index contributed by atoms with van der Waals surface area (Å²) in [5.74, 6) is -0.384. The minimum absolute atomic E-state index is 0.307. The largest absolute Gasteiger partial charge is 0.347 e. The maximum Gasteiger partial charge on any atom is 0.164 e. The van der Waals surface area contributed by atoms with Gasteiger partial charge in [-0.1, -0.05) is 29.5 Å². The molecular weight excluding hydrogens is 255 g/mol. The zero-order valence-electron chi connectivity index (χ0n) is 7.26. The van der Waals surface area contributed by atoms with Gasteiger partial charge < -0.3 is 9.47 Å². The molecule has 1 rings (SSSR count). The molecule has 0 saturated carbocycles. The summed E-state index contributed by atoms with van der Waals surface area (Å²) >= 11 is 2.32. The van der Waals surface area contributed by atoms with Gasteiger partial charge in [0.1, 0.15) is 4.11 Å². The van der Waals surface area contributed by atoms with Crippen molar-refractivity contribution in [1.29, 1.82) is 0 Å². The Labute approximate surface area is 81.8 Å². The van der Waals surface area contributed by atoms with Gasteiger partial charge in [-0.2, -0.15) is 0 Å². The molecule has 0 radical (unpaired) electrons. The second-order valence-corrected chi connectivity index (χ2v) is 4.70. The van der Waals surface area contributed by atoms with Crippen LogP contribution in [-0.4, -0.2) is 16.0 Å². The molecule has 11 heavy (non-hydrogen) atoms. The molecule has 2 nitrogen and oxygen atoms in total. The molecule has 66 valence electrons. The summed E-state index contributed by atoms with van der Waals surface area (Å²) in [7, 11) is 0. The SMILES string of the molecule is CC[C@H]1CC(I)OC(C)(C)O1. The van der Waals surface area contributed by atoms with Gasteiger partial charge in [0.2, 0.25) is 0 Å². The molecule has 3 heteroatoms. The fraction of sp³-hybridized carbons (Fsp3) is 1.00. The maximum atomic E-state index is 5.67. The van der Waals surface area contributed by atoms with Crippen LogP contribution in [-0.2, 0) is 9.47 Å². The number of rotatable bonds is 1. The standard InChI is InChI=1S/C8H15IO2/c1-4-6-5-7(9)11-8(2,3)10-6/h6-7H,4-5H2,1-3H3/t6-,7?/m0/s1. The molecule has 1 heterocycles. The Morgan fingerprint density at radius 2 is 2.09 bits per heavy atom.